The van der Waals surface area contributed by atoms with E-state index in [1.807, 2.05) is 17.9 Å². The van der Waals surface area contributed by atoms with Gasteiger partial charge in [-0.1, -0.05) is 61.8 Å². The number of aryl methyl sites for hydroxylation is 2. The predicted molar refractivity (Wildman–Crippen MR) is 117 cm³/mol. The Labute approximate surface area is 174 Å². The average molecular weight is 413 g/mol. The summed E-state index contributed by atoms with van der Waals surface area (Å²) in [4.78, 5) is 20.6. The van der Waals surface area contributed by atoms with E-state index < -0.39 is 0 Å². The lowest BCUT2D eigenvalue weighted by Gasteiger charge is -2.30. The van der Waals surface area contributed by atoms with Crippen LogP contribution in [0, 0.1) is 6.92 Å². The summed E-state index contributed by atoms with van der Waals surface area (Å²) in [6, 6.07) is 8.62. The number of amides is 1. The van der Waals surface area contributed by atoms with Crippen LogP contribution in [0.15, 0.2) is 34.2 Å². The van der Waals surface area contributed by atoms with Crippen molar-refractivity contribution >= 4 is 45.4 Å². The Morgan fingerprint density at radius 1 is 1.18 bits per heavy atom. The summed E-state index contributed by atoms with van der Waals surface area (Å²) in [6.45, 7) is 4.06. The molecule has 2 heterocycles. The standard InChI is InChI=1S/C21H24N4OS2/c1-3-15-9-11-16(12-10-15)13-18-19(26)25(17-7-5-4-6-8-17)21(28-18)22-20-24-23-14(2)27-20/h9-13,17H,3-8H2,1-2H3/b18-13-,22-21+. The third-order valence-corrected chi connectivity index (χ3v) is 6.88. The van der Waals surface area contributed by atoms with Crippen LogP contribution in [0.2, 0.25) is 0 Å². The second-order valence-electron chi connectivity index (χ2n) is 7.17. The molecule has 0 atom stereocenters. The van der Waals surface area contributed by atoms with Crippen LogP contribution in [0.3, 0.4) is 0 Å². The fourth-order valence-corrected chi connectivity index (χ4v) is 5.30. The molecule has 2 aromatic rings. The number of carbonyl (C=O) groups is 1. The van der Waals surface area contributed by atoms with Crippen LogP contribution in [0.4, 0.5) is 5.13 Å². The molecule has 1 aliphatic heterocycles. The first-order chi connectivity index (χ1) is 13.6. The van der Waals surface area contributed by atoms with E-state index in [9.17, 15) is 4.79 Å². The van der Waals surface area contributed by atoms with Crippen molar-refractivity contribution in [1.82, 2.24) is 15.1 Å². The van der Waals surface area contributed by atoms with Crippen LogP contribution < -0.4 is 0 Å². The molecule has 0 N–H and O–H groups in total. The summed E-state index contributed by atoms with van der Waals surface area (Å²) < 4.78 is 0. The van der Waals surface area contributed by atoms with Crippen molar-refractivity contribution in [2.24, 2.45) is 4.99 Å². The number of nitrogens with zero attached hydrogens (tertiary/aromatic N) is 4. The number of hydrogen-bond donors (Lipinski definition) is 0. The van der Waals surface area contributed by atoms with E-state index in [-0.39, 0.29) is 11.9 Å². The average Bonchev–Trinajstić information content (AvgIpc) is 3.26. The molecule has 0 spiro atoms. The molecule has 1 amide bonds. The first-order valence-electron chi connectivity index (χ1n) is 9.85. The van der Waals surface area contributed by atoms with Gasteiger partial charge in [-0.05, 0) is 55.2 Å². The lowest BCUT2D eigenvalue weighted by molar-refractivity contribution is -0.124. The molecule has 1 aromatic heterocycles. The lowest BCUT2D eigenvalue weighted by Crippen LogP contribution is -2.40. The van der Waals surface area contributed by atoms with Crippen LogP contribution in [0.5, 0.6) is 0 Å². The Hall–Kier alpha value is -1.99. The molecule has 1 aromatic carbocycles. The van der Waals surface area contributed by atoms with Crippen LogP contribution in [0.25, 0.3) is 6.08 Å². The van der Waals surface area contributed by atoms with Crippen molar-refractivity contribution in [2.75, 3.05) is 0 Å². The molecule has 28 heavy (non-hydrogen) atoms. The van der Waals surface area contributed by atoms with Crippen LogP contribution in [0.1, 0.15) is 55.2 Å². The Balaban J connectivity index is 1.66. The third kappa shape index (κ3) is 4.20. The van der Waals surface area contributed by atoms with E-state index in [2.05, 4.69) is 41.4 Å². The van der Waals surface area contributed by atoms with Crippen LogP contribution in [-0.4, -0.2) is 32.2 Å². The van der Waals surface area contributed by atoms with E-state index in [0.717, 1.165) is 39.9 Å². The number of aromatic nitrogens is 2. The molecule has 4 rings (SSSR count). The number of amidine groups is 1. The number of rotatable bonds is 4. The molecular formula is C21H24N4OS2. The van der Waals surface area contributed by atoms with E-state index >= 15 is 0 Å². The van der Waals surface area contributed by atoms with Gasteiger partial charge < -0.3 is 0 Å². The van der Waals surface area contributed by atoms with Gasteiger partial charge in [-0.25, -0.2) is 0 Å². The van der Waals surface area contributed by atoms with Crippen molar-refractivity contribution in [2.45, 2.75) is 58.4 Å². The van der Waals surface area contributed by atoms with Crippen molar-refractivity contribution in [1.29, 1.82) is 0 Å². The van der Waals surface area contributed by atoms with Crippen LogP contribution in [-0.2, 0) is 11.2 Å². The quantitative estimate of drug-likeness (QED) is 0.636. The van der Waals surface area contributed by atoms with Gasteiger partial charge in [-0.15, -0.1) is 10.2 Å². The second kappa shape index (κ2) is 8.57. The van der Waals surface area contributed by atoms with Crippen molar-refractivity contribution < 1.29 is 4.79 Å². The van der Waals surface area contributed by atoms with Gasteiger partial charge in [0, 0.05) is 6.04 Å². The maximum absolute atomic E-state index is 13.3. The summed E-state index contributed by atoms with van der Waals surface area (Å²) in [5.74, 6) is 0.0662. The van der Waals surface area contributed by atoms with Crippen molar-refractivity contribution in [3.8, 4) is 0 Å². The van der Waals surface area contributed by atoms with E-state index in [4.69, 9.17) is 4.99 Å². The van der Waals surface area contributed by atoms with Gasteiger partial charge in [0.2, 0.25) is 5.13 Å². The van der Waals surface area contributed by atoms with Crippen molar-refractivity contribution in [3.05, 3.63) is 45.3 Å². The Bertz CT molecular complexity index is 911. The highest BCUT2D eigenvalue weighted by atomic mass is 32.2. The highest BCUT2D eigenvalue weighted by Gasteiger charge is 2.38. The molecular weight excluding hydrogens is 388 g/mol. The molecule has 0 unspecified atom stereocenters. The van der Waals surface area contributed by atoms with Gasteiger partial charge in [-0.3, -0.25) is 9.69 Å². The molecule has 0 bridgehead atoms. The molecule has 5 nitrogen and oxygen atoms in total. The van der Waals surface area contributed by atoms with Gasteiger partial charge in [0.25, 0.3) is 5.91 Å². The number of benzene rings is 1. The summed E-state index contributed by atoms with van der Waals surface area (Å²) in [5, 5.41) is 10.4. The Kier molecular flexibility index (Phi) is 5.92. The molecule has 1 saturated heterocycles. The third-order valence-electron chi connectivity index (χ3n) is 5.17. The molecule has 2 aliphatic rings. The molecule has 0 radical (unpaired) electrons. The minimum Gasteiger partial charge on any atom is -0.283 e. The maximum atomic E-state index is 13.3. The Morgan fingerprint density at radius 3 is 2.57 bits per heavy atom. The van der Waals surface area contributed by atoms with E-state index in [1.54, 1.807) is 0 Å². The zero-order valence-electron chi connectivity index (χ0n) is 16.2. The molecule has 2 fully saturated rings. The summed E-state index contributed by atoms with van der Waals surface area (Å²) in [5.41, 5.74) is 2.34. The topological polar surface area (TPSA) is 58.5 Å². The normalized spacial score (nSPS) is 21.2. The number of hydrogen-bond acceptors (Lipinski definition) is 6. The smallest absolute Gasteiger partial charge is 0.267 e. The van der Waals surface area contributed by atoms with Crippen molar-refractivity contribution in [3.63, 3.8) is 0 Å². The molecule has 146 valence electrons. The minimum absolute atomic E-state index is 0.0662. The zero-order valence-corrected chi connectivity index (χ0v) is 17.9. The zero-order chi connectivity index (χ0) is 19.5. The minimum atomic E-state index is 0.0662. The monoisotopic (exact) mass is 412 g/mol. The largest absolute Gasteiger partial charge is 0.283 e. The SMILES string of the molecule is CCc1ccc(/C=C2\S/C(=N/c3nnc(C)s3)N(C3CCCCC3)C2=O)cc1. The Morgan fingerprint density at radius 2 is 1.93 bits per heavy atom. The van der Waals surface area contributed by atoms with Crippen LogP contribution >= 0.6 is 23.1 Å². The first-order valence-corrected chi connectivity index (χ1v) is 11.5. The number of aliphatic imine (C=N–C) groups is 1. The summed E-state index contributed by atoms with van der Waals surface area (Å²) in [7, 11) is 0. The van der Waals surface area contributed by atoms with Gasteiger partial charge in [0.1, 0.15) is 5.01 Å². The maximum Gasteiger partial charge on any atom is 0.267 e. The fraction of sp³-hybridized carbons (Fsp3) is 0.429. The van der Waals surface area contributed by atoms with E-state index in [1.165, 1.54) is 47.9 Å². The second-order valence-corrected chi connectivity index (χ2v) is 9.34. The predicted octanol–water partition coefficient (Wildman–Crippen LogP) is 5.35. The molecule has 1 aliphatic carbocycles. The molecule has 1 saturated carbocycles. The first kappa shape index (κ1) is 19.3. The summed E-state index contributed by atoms with van der Waals surface area (Å²) >= 11 is 2.91. The highest BCUT2D eigenvalue weighted by Crippen LogP contribution is 2.38. The fourth-order valence-electron chi connectivity index (χ4n) is 3.64. The number of thioether (sulfide) groups is 1. The van der Waals surface area contributed by atoms with Gasteiger partial charge in [0.15, 0.2) is 5.17 Å². The molecule has 7 heteroatoms. The number of carbonyl (C=O) groups excluding carboxylic acids is 1. The van der Waals surface area contributed by atoms with Gasteiger partial charge in [-0.2, -0.15) is 4.99 Å². The lowest BCUT2D eigenvalue weighted by atomic mass is 9.94. The van der Waals surface area contributed by atoms with E-state index in [0.29, 0.717) is 5.13 Å². The van der Waals surface area contributed by atoms with Gasteiger partial charge >= 0.3 is 0 Å². The van der Waals surface area contributed by atoms with Gasteiger partial charge in [0.05, 0.1) is 4.91 Å². The summed E-state index contributed by atoms with van der Waals surface area (Å²) in [6.07, 6.45) is 8.66. The highest BCUT2D eigenvalue weighted by molar-refractivity contribution is 8.18.